The Bertz CT molecular complexity index is 591. The standard InChI is InChI=1S/C11H16N2O4S/c1-11(2)8-13(5-6-17-11)18(15,16)10-7-12-4-3-9(10)14/h3-4,7H,5-6,8H2,1-2H3,(H,12,14). The van der Waals surface area contributed by atoms with Crippen molar-refractivity contribution in [2.24, 2.45) is 0 Å². The lowest BCUT2D eigenvalue weighted by atomic mass is 10.1. The summed E-state index contributed by atoms with van der Waals surface area (Å²) < 4.78 is 31.4. The summed E-state index contributed by atoms with van der Waals surface area (Å²) in [6.07, 6.45) is 2.63. The van der Waals surface area contributed by atoms with E-state index < -0.39 is 21.1 Å². The van der Waals surface area contributed by atoms with E-state index in [-0.39, 0.29) is 18.0 Å². The number of aromatic nitrogens is 1. The molecule has 0 radical (unpaired) electrons. The molecule has 0 bridgehead atoms. The molecule has 1 aliphatic heterocycles. The minimum absolute atomic E-state index is 0.220. The van der Waals surface area contributed by atoms with E-state index in [9.17, 15) is 13.2 Å². The second-order valence-electron chi connectivity index (χ2n) is 4.82. The van der Waals surface area contributed by atoms with Gasteiger partial charge in [0.2, 0.25) is 15.5 Å². The second-order valence-corrected chi connectivity index (χ2v) is 6.73. The molecule has 1 aliphatic rings. The van der Waals surface area contributed by atoms with E-state index in [0.29, 0.717) is 6.61 Å². The molecule has 7 heteroatoms. The summed E-state index contributed by atoms with van der Waals surface area (Å²) in [6, 6.07) is 1.21. The van der Waals surface area contributed by atoms with Crippen LogP contribution in [0.25, 0.3) is 0 Å². The minimum Gasteiger partial charge on any atom is -0.373 e. The van der Waals surface area contributed by atoms with E-state index in [1.54, 1.807) is 0 Å². The summed E-state index contributed by atoms with van der Waals surface area (Å²) in [5, 5.41) is 0. The van der Waals surface area contributed by atoms with E-state index in [0.717, 1.165) is 0 Å². The maximum atomic E-state index is 12.3. The molecule has 2 rings (SSSR count). The minimum atomic E-state index is -3.75. The van der Waals surface area contributed by atoms with E-state index >= 15 is 0 Å². The number of hydrogen-bond donors (Lipinski definition) is 1. The number of aromatic amines is 1. The molecule has 0 saturated carbocycles. The lowest BCUT2D eigenvalue weighted by molar-refractivity contribution is -0.0640. The second kappa shape index (κ2) is 4.49. The Morgan fingerprint density at radius 2 is 2.17 bits per heavy atom. The lowest BCUT2D eigenvalue weighted by Gasteiger charge is -2.37. The van der Waals surface area contributed by atoms with Crippen LogP contribution in [0.1, 0.15) is 13.8 Å². The molecule has 1 saturated heterocycles. The third kappa shape index (κ3) is 2.47. The van der Waals surface area contributed by atoms with Crippen molar-refractivity contribution in [3.63, 3.8) is 0 Å². The zero-order valence-electron chi connectivity index (χ0n) is 10.3. The van der Waals surface area contributed by atoms with Crippen molar-refractivity contribution in [2.45, 2.75) is 24.3 Å². The molecule has 0 spiro atoms. The molecule has 1 aromatic heterocycles. The maximum absolute atomic E-state index is 12.3. The Hall–Kier alpha value is -1.18. The summed E-state index contributed by atoms with van der Waals surface area (Å²) in [4.78, 5) is 14.0. The zero-order chi connectivity index (χ0) is 13.4. The quantitative estimate of drug-likeness (QED) is 0.832. The van der Waals surface area contributed by atoms with Crippen molar-refractivity contribution in [1.29, 1.82) is 0 Å². The Morgan fingerprint density at radius 3 is 2.78 bits per heavy atom. The van der Waals surface area contributed by atoms with Gasteiger partial charge >= 0.3 is 0 Å². The number of rotatable bonds is 2. The molecule has 0 aromatic carbocycles. The van der Waals surface area contributed by atoms with Crippen molar-refractivity contribution in [2.75, 3.05) is 19.7 Å². The fraction of sp³-hybridized carbons (Fsp3) is 0.545. The van der Waals surface area contributed by atoms with Gasteiger partial charge in [0.15, 0.2) is 0 Å². The Kier molecular flexibility index (Phi) is 3.31. The van der Waals surface area contributed by atoms with Crippen LogP contribution in [0.4, 0.5) is 0 Å². The summed E-state index contributed by atoms with van der Waals surface area (Å²) in [5.41, 5.74) is -1.04. The number of nitrogens with one attached hydrogen (secondary N) is 1. The number of H-pyrrole nitrogens is 1. The summed E-state index contributed by atoms with van der Waals surface area (Å²) in [7, 11) is -3.75. The van der Waals surface area contributed by atoms with E-state index in [1.807, 2.05) is 13.8 Å². The Labute approximate surface area is 106 Å². The highest BCUT2D eigenvalue weighted by atomic mass is 32.2. The molecule has 100 valence electrons. The highest BCUT2D eigenvalue weighted by Gasteiger charge is 2.35. The van der Waals surface area contributed by atoms with E-state index in [4.69, 9.17) is 4.74 Å². The number of hydrogen-bond acceptors (Lipinski definition) is 4. The van der Waals surface area contributed by atoms with Gasteiger partial charge in [-0.2, -0.15) is 4.31 Å². The summed E-state index contributed by atoms with van der Waals surface area (Å²) in [5.74, 6) is 0. The smallest absolute Gasteiger partial charge is 0.248 e. The van der Waals surface area contributed by atoms with Gasteiger partial charge in [-0.1, -0.05) is 0 Å². The van der Waals surface area contributed by atoms with Gasteiger partial charge in [-0.3, -0.25) is 4.79 Å². The van der Waals surface area contributed by atoms with Crippen LogP contribution >= 0.6 is 0 Å². The molecule has 6 nitrogen and oxygen atoms in total. The first-order valence-corrected chi connectivity index (χ1v) is 7.08. The largest absolute Gasteiger partial charge is 0.373 e. The topological polar surface area (TPSA) is 79.5 Å². The molecule has 2 heterocycles. The monoisotopic (exact) mass is 272 g/mol. The third-order valence-electron chi connectivity index (χ3n) is 2.80. The van der Waals surface area contributed by atoms with Gasteiger partial charge in [0.1, 0.15) is 4.90 Å². The first-order valence-electron chi connectivity index (χ1n) is 5.64. The number of sulfonamides is 1. The van der Waals surface area contributed by atoms with Gasteiger partial charge in [-0.05, 0) is 13.8 Å². The van der Waals surface area contributed by atoms with Crippen molar-refractivity contribution in [3.8, 4) is 0 Å². The van der Waals surface area contributed by atoms with Crippen LogP contribution in [0.15, 0.2) is 28.2 Å². The summed E-state index contributed by atoms with van der Waals surface area (Å²) in [6.45, 7) is 4.48. The average molecular weight is 272 g/mol. The first-order chi connectivity index (χ1) is 8.33. The van der Waals surface area contributed by atoms with Crippen LogP contribution in [-0.4, -0.2) is 43.0 Å². The average Bonchev–Trinajstić information content (AvgIpc) is 2.28. The van der Waals surface area contributed by atoms with Crippen LogP contribution in [0, 0.1) is 0 Å². The lowest BCUT2D eigenvalue weighted by Crippen LogP contribution is -2.51. The zero-order valence-corrected chi connectivity index (χ0v) is 11.2. The number of ether oxygens (including phenoxy) is 1. The number of pyridine rings is 1. The number of nitrogens with zero attached hydrogens (tertiary/aromatic N) is 1. The SMILES string of the molecule is CC1(C)CN(S(=O)(=O)c2c[nH]ccc2=O)CCO1. The van der Waals surface area contributed by atoms with Crippen LogP contribution in [0.3, 0.4) is 0 Å². The maximum Gasteiger partial charge on any atom is 0.248 e. The van der Waals surface area contributed by atoms with Crippen molar-refractivity contribution in [1.82, 2.24) is 9.29 Å². The fourth-order valence-corrected chi connectivity index (χ4v) is 3.53. The predicted octanol–water partition coefficient (Wildman–Crippen LogP) is 0.174. The van der Waals surface area contributed by atoms with Crippen LogP contribution in [0.5, 0.6) is 0 Å². The van der Waals surface area contributed by atoms with Gasteiger partial charge in [-0.25, -0.2) is 8.42 Å². The Balaban J connectivity index is 2.38. The van der Waals surface area contributed by atoms with Crippen molar-refractivity contribution < 1.29 is 13.2 Å². The fourth-order valence-electron chi connectivity index (χ4n) is 1.92. The molecule has 0 atom stereocenters. The molecular weight excluding hydrogens is 256 g/mol. The predicted molar refractivity (Wildman–Crippen MR) is 65.9 cm³/mol. The van der Waals surface area contributed by atoms with Crippen LogP contribution < -0.4 is 5.43 Å². The highest BCUT2D eigenvalue weighted by molar-refractivity contribution is 7.89. The van der Waals surface area contributed by atoms with Gasteiger partial charge in [-0.15, -0.1) is 0 Å². The molecule has 0 unspecified atom stereocenters. The molecule has 18 heavy (non-hydrogen) atoms. The molecule has 1 fully saturated rings. The van der Waals surface area contributed by atoms with Gasteiger partial charge < -0.3 is 9.72 Å². The molecule has 0 amide bonds. The normalized spacial score (nSPS) is 20.8. The van der Waals surface area contributed by atoms with Gasteiger partial charge in [0.05, 0.1) is 12.2 Å². The first kappa shape index (κ1) is 13.3. The Morgan fingerprint density at radius 1 is 1.44 bits per heavy atom. The summed E-state index contributed by atoms with van der Waals surface area (Å²) >= 11 is 0. The number of morpholine rings is 1. The van der Waals surface area contributed by atoms with Gasteiger partial charge in [0.25, 0.3) is 0 Å². The van der Waals surface area contributed by atoms with Crippen LogP contribution in [0.2, 0.25) is 0 Å². The molecule has 0 aliphatic carbocycles. The highest BCUT2D eigenvalue weighted by Crippen LogP contribution is 2.21. The van der Waals surface area contributed by atoms with Crippen molar-refractivity contribution >= 4 is 10.0 Å². The van der Waals surface area contributed by atoms with Gasteiger partial charge in [0, 0.05) is 31.5 Å². The molecule has 1 N–H and O–H groups in total. The third-order valence-corrected chi connectivity index (χ3v) is 4.66. The van der Waals surface area contributed by atoms with E-state index in [1.165, 1.54) is 22.8 Å². The molecular formula is C11H16N2O4S. The molecule has 1 aromatic rings. The van der Waals surface area contributed by atoms with Crippen molar-refractivity contribution in [3.05, 3.63) is 28.7 Å². The van der Waals surface area contributed by atoms with E-state index in [2.05, 4.69) is 4.98 Å². The van der Waals surface area contributed by atoms with Crippen LogP contribution in [-0.2, 0) is 14.8 Å².